The van der Waals surface area contributed by atoms with Gasteiger partial charge in [-0.15, -0.1) is 0 Å². The van der Waals surface area contributed by atoms with Crippen LogP contribution in [0, 0.1) is 0 Å². The summed E-state index contributed by atoms with van der Waals surface area (Å²) in [5, 5.41) is 30.2. The zero-order valence-corrected chi connectivity index (χ0v) is 15.1. The van der Waals surface area contributed by atoms with Gasteiger partial charge in [0, 0.05) is 30.8 Å². The number of hydrogen-bond donors (Lipinski definition) is 3. The number of hydrogen-bond acceptors (Lipinski definition) is 6. The number of aromatic hydroxyl groups is 1. The Labute approximate surface area is 139 Å². The zero-order chi connectivity index (χ0) is 17.7. The fourth-order valence-corrected chi connectivity index (χ4v) is 2.63. The second kappa shape index (κ2) is 8.61. The first-order chi connectivity index (χ1) is 10.6. The quantitative estimate of drug-likeness (QED) is 0.619. The average molecular weight is 325 g/mol. The first kappa shape index (κ1) is 19.9. The zero-order valence-electron chi connectivity index (χ0n) is 15.1. The normalized spacial score (nSPS) is 14.7. The molecule has 0 aliphatic rings. The predicted molar refractivity (Wildman–Crippen MR) is 91.8 cm³/mol. The van der Waals surface area contributed by atoms with Crippen LogP contribution in [-0.2, 0) is 19.6 Å². The maximum absolute atomic E-state index is 10.5. The second-order valence-corrected chi connectivity index (χ2v) is 6.67. The molecular formula is C17H31N3O3. The van der Waals surface area contributed by atoms with Crippen LogP contribution in [0.2, 0.25) is 0 Å². The molecule has 6 nitrogen and oxygen atoms in total. The number of aliphatic hydroxyl groups excluding tert-OH is 2. The maximum atomic E-state index is 10.5. The van der Waals surface area contributed by atoms with Crippen molar-refractivity contribution in [2.24, 2.45) is 0 Å². The Bertz CT molecular complexity index is 463. The average Bonchev–Trinajstić information content (AvgIpc) is 2.39. The molecule has 0 aromatic heterocycles. The van der Waals surface area contributed by atoms with Crippen molar-refractivity contribution in [3.8, 4) is 5.75 Å². The molecule has 0 bridgehead atoms. The predicted octanol–water partition coefficient (Wildman–Crippen LogP) is 0.994. The fraction of sp³-hybridized carbons (Fsp3) is 0.647. The van der Waals surface area contributed by atoms with Gasteiger partial charge in [-0.05, 0) is 59.7 Å². The summed E-state index contributed by atoms with van der Waals surface area (Å²) in [7, 11) is 7.82. The third-order valence-electron chi connectivity index (χ3n) is 3.63. The van der Waals surface area contributed by atoms with Gasteiger partial charge in [-0.3, -0.25) is 0 Å². The topological polar surface area (TPSA) is 70.4 Å². The highest BCUT2D eigenvalue weighted by Gasteiger charge is 2.19. The number of benzene rings is 1. The smallest absolute Gasteiger partial charge is 0.124 e. The van der Waals surface area contributed by atoms with Gasteiger partial charge in [0.05, 0.1) is 0 Å². The van der Waals surface area contributed by atoms with Crippen LogP contribution in [0.15, 0.2) is 12.1 Å². The highest BCUT2D eigenvalue weighted by molar-refractivity contribution is 5.44. The lowest BCUT2D eigenvalue weighted by Crippen LogP contribution is -2.39. The number of nitrogens with zero attached hydrogens (tertiary/aromatic N) is 3. The van der Waals surface area contributed by atoms with Crippen LogP contribution in [0.4, 0.5) is 0 Å². The number of phenols is 1. The van der Waals surface area contributed by atoms with Crippen molar-refractivity contribution < 1.29 is 15.3 Å². The van der Waals surface area contributed by atoms with Crippen molar-refractivity contribution >= 4 is 0 Å². The summed E-state index contributed by atoms with van der Waals surface area (Å²) >= 11 is 0. The van der Waals surface area contributed by atoms with Gasteiger partial charge >= 0.3 is 0 Å². The SMILES string of the molecule is CC(O)N(Cc1cc(CN(C)C)c(O)c(CN(C)C)c1)C(C)O. The van der Waals surface area contributed by atoms with Crippen molar-refractivity contribution in [1.29, 1.82) is 0 Å². The Morgan fingerprint density at radius 3 is 1.52 bits per heavy atom. The van der Waals surface area contributed by atoms with Gasteiger partial charge in [0.2, 0.25) is 0 Å². The molecule has 132 valence electrons. The molecule has 0 amide bonds. The van der Waals surface area contributed by atoms with Crippen LogP contribution in [-0.4, -0.2) is 70.7 Å². The standard InChI is InChI=1S/C17H31N3O3/c1-12(21)20(13(2)22)9-14-7-15(10-18(3)4)17(23)16(8-14)11-19(5)6/h7-8,12-13,21-23H,9-11H2,1-6H3. The third kappa shape index (κ3) is 6.08. The van der Waals surface area contributed by atoms with Crippen LogP contribution in [0.3, 0.4) is 0 Å². The van der Waals surface area contributed by atoms with E-state index >= 15 is 0 Å². The van der Waals surface area contributed by atoms with Gasteiger partial charge < -0.3 is 25.1 Å². The van der Waals surface area contributed by atoms with Crippen LogP contribution in [0.1, 0.15) is 30.5 Å². The minimum absolute atomic E-state index is 0.316. The van der Waals surface area contributed by atoms with Gasteiger partial charge in [0.1, 0.15) is 18.2 Å². The van der Waals surface area contributed by atoms with Gasteiger partial charge in [-0.2, -0.15) is 0 Å². The molecule has 0 radical (unpaired) electrons. The maximum Gasteiger partial charge on any atom is 0.124 e. The van der Waals surface area contributed by atoms with E-state index in [1.54, 1.807) is 18.7 Å². The molecule has 0 aliphatic heterocycles. The molecule has 0 spiro atoms. The molecule has 0 fully saturated rings. The monoisotopic (exact) mass is 325 g/mol. The molecule has 1 rings (SSSR count). The fourth-order valence-electron chi connectivity index (χ4n) is 2.63. The van der Waals surface area contributed by atoms with Crippen molar-refractivity contribution in [3.63, 3.8) is 0 Å². The Morgan fingerprint density at radius 1 is 0.826 bits per heavy atom. The largest absolute Gasteiger partial charge is 0.507 e. The van der Waals surface area contributed by atoms with Crippen molar-refractivity contribution in [3.05, 3.63) is 28.8 Å². The molecule has 1 aromatic rings. The molecule has 0 saturated carbocycles. The summed E-state index contributed by atoms with van der Waals surface area (Å²) in [5.74, 6) is 0.316. The summed E-state index contributed by atoms with van der Waals surface area (Å²) in [6.45, 7) is 4.94. The van der Waals surface area contributed by atoms with E-state index in [1.807, 2.05) is 50.1 Å². The highest BCUT2D eigenvalue weighted by Crippen LogP contribution is 2.27. The minimum Gasteiger partial charge on any atom is -0.507 e. The van der Waals surface area contributed by atoms with E-state index in [-0.39, 0.29) is 0 Å². The van der Waals surface area contributed by atoms with Gasteiger partial charge in [-0.25, -0.2) is 4.90 Å². The lowest BCUT2D eigenvalue weighted by Gasteiger charge is -2.29. The van der Waals surface area contributed by atoms with Gasteiger partial charge in [0.15, 0.2) is 0 Å². The van der Waals surface area contributed by atoms with E-state index < -0.39 is 12.5 Å². The Morgan fingerprint density at radius 2 is 1.22 bits per heavy atom. The molecule has 2 unspecified atom stereocenters. The van der Waals surface area contributed by atoms with Crippen molar-refractivity contribution in [2.45, 2.75) is 45.9 Å². The van der Waals surface area contributed by atoms with E-state index in [4.69, 9.17) is 0 Å². The van der Waals surface area contributed by atoms with Crippen molar-refractivity contribution in [2.75, 3.05) is 28.2 Å². The summed E-state index contributed by atoms with van der Waals surface area (Å²) in [6, 6.07) is 3.87. The van der Waals surface area contributed by atoms with Crippen LogP contribution in [0.5, 0.6) is 5.75 Å². The molecule has 0 saturated heterocycles. The Balaban J connectivity index is 3.19. The highest BCUT2D eigenvalue weighted by atomic mass is 16.3. The van der Waals surface area contributed by atoms with Crippen molar-refractivity contribution in [1.82, 2.24) is 14.7 Å². The first-order valence-corrected chi connectivity index (χ1v) is 7.86. The lowest BCUT2D eigenvalue weighted by molar-refractivity contribution is -0.0897. The molecule has 0 aliphatic carbocycles. The molecule has 3 N–H and O–H groups in total. The Hall–Kier alpha value is -1.18. The molecule has 1 aromatic carbocycles. The molecule has 23 heavy (non-hydrogen) atoms. The summed E-state index contributed by atoms with van der Waals surface area (Å²) in [4.78, 5) is 5.59. The van der Waals surface area contributed by atoms with E-state index in [1.165, 1.54) is 0 Å². The Kier molecular flexibility index (Phi) is 7.44. The summed E-state index contributed by atoms with van der Waals surface area (Å²) < 4.78 is 0. The minimum atomic E-state index is -0.751. The van der Waals surface area contributed by atoms with E-state index in [0.717, 1.165) is 16.7 Å². The molecular weight excluding hydrogens is 294 g/mol. The van der Waals surface area contributed by atoms with E-state index in [9.17, 15) is 15.3 Å². The number of rotatable bonds is 8. The van der Waals surface area contributed by atoms with E-state index in [2.05, 4.69) is 0 Å². The van der Waals surface area contributed by atoms with Crippen LogP contribution >= 0.6 is 0 Å². The summed E-state index contributed by atoms with van der Waals surface area (Å²) in [5.41, 5.74) is 2.65. The molecule has 6 heteroatoms. The molecule has 2 atom stereocenters. The first-order valence-electron chi connectivity index (χ1n) is 7.86. The summed E-state index contributed by atoms with van der Waals surface area (Å²) in [6.07, 6.45) is -1.50. The molecule has 0 heterocycles. The van der Waals surface area contributed by atoms with Crippen LogP contribution < -0.4 is 0 Å². The van der Waals surface area contributed by atoms with Gasteiger partial charge in [-0.1, -0.05) is 0 Å². The lowest BCUT2D eigenvalue weighted by atomic mass is 10.0. The van der Waals surface area contributed by atoms with Gasteiger partial charge in [0.25, 0.3) is 0 Å². The number of phenolic OH excluding ortho intramolecular Hbond substituents is 1. The number of aliphatic hydroxyl groups is 2. The second-order valence-electron chi connectivity index (χ2n) is 6.67. The van der Waals surface area contributed by atoms with E-state index in [0.29, 0.717) is 25.4 Å². The van der Waals surface area contributed by atoms with Crippen LogP contribution in [0.25, 0.3) is 0 Å². The third-order valence-corrected chi connectivity index (χ3v) is 3.63.